The quantitative estimate of drug-likeness (QED) is 0.545. The molecule has 2 aromatic carbocycles. The van der Waals surface area contributed by atoms with Gasteiger partial charge in [-0.25, -0.2) is 0 Å². The van der Waals surface area contributed by atoms with Gasteiger partial charge < -0.3 is 19.5 Å². The van der Waals surface area contributed by atoms with Gasteiger partial charge in [-0.15, -0.1) is 13.2 Å². The zero-order valence-corrected chi connectivity index (χ0v) is 20.3. The third-order valence-corrected chi connectivity index (χ3v) is 7.19. The Hall–Kier alpha value is -3.27. The maximum absolute atomic E-state index is 13.0. The molecule has 0 aromatic heterocycles. The SMILES string of the molecule is O=C(O)[C@@H]1CCCN(CC(=O)N2CCc3cc(OCc4ccc(C5CC5)c(OC(F)(F)F)c4)ccc32)C1. The third kappa shape index (κ3) is 6.18. The van der Waals surface area contributed by atoms with Crippen LogP contribution in [0.2, 0.25) is 0 Å². The van der Waals surface area contributed by atoms with E-state index in [1.807, 2.05) is 17.0 Å². The second-order valence-electron chi connectivity index (χ2n) is 9.98. The Morgan fingerprint density at radius 2 is 1.86 bits per heavy atom. The molecule has 1 atom stereocenters. The van der Waals surface area contributed by atoms with Crippen LogP contribution >= 0.6 is 0 Å². The highest BCUT2D eigenvalue weighted by atomic mass is 19.4. The molecule has 1 aliphatic carbocycles. The van der Waals surface area contributed by atoms with Crippen LogP contribution in [0.3, 0.4) is 0 Å². The highest BCUT2D eigenvalue weighted by Crippen LogP contribution is 2.45. The molecule has 10 heteroatoms. The van der Waals surface area contributed by atoms with E-state index in [2.05, 4.69) is 4.74 Å². The van der Waals surface area contributed by atoms with Gasteiger partial charge in [-0.05, 0) is 85.5 Å². The Bertz CT molecular complexity index is 1180. The van der Waals surface area contributed by atoms with Crippen molar-refractivity contribution in [2.24, 2.45) is 5.92 Å². The lowest BCUT2D eigenvalue weighted by Gasteiger charge is -2.31. The van der Waals surface area contributed by atoms with Crippen LogP contribution < -0.4 is 14.4 Å². The first-order valence-corrected chi connectivity index (χ1v) is 12.6. The van der Waals surface area contributed by atoms with E-state index >= 15 is 0 Å². The van der Waals surface area contributed by atoms with E-state index in [1.165, 1.54) is 6.07 Å². The van der Waals surface area contributed by atoms with Gasteiger partial charge in [0.2, 0.25) is 5.91 Å². The number of carboxylic acids is 1. The topological polar surface area (TPSA) is 79.3 Å². The fourth-order valence-electron chi connectivity index (χ4n) is 5.18. The molecule has 3 aliphatic rings. The van der Waals surface area contributed by atoms with Crippen molar-refractivity contribution in [3.05, 3.63) is 53.1 Å². The van der Waals surface area contributed by atoms with E-state index in [-0.39, 0.29) is 30.7 Å². The number of carbonyl (C=O) groups is 2. The summed E-state index contributed by atoms with van der Waals surface area (Å²) in [5.74, 6) is -0.803. The number of carbonyl (C=O) groups excluding carboxylic acids is 1. The first-order chi connectivity index (χ1) is 17.7. The molecule has 198 valence electrons. The van der Waals surface area contributed by atoms with E-state index in [0.29, 0.717) is 49.4 Å². The van der Waals surface area contributed by atoms with Gasteiger partial charge in [0.25, 0.3) is 0 Å². The molecule has 1 N–H and O–H groups in total. The smallest absolute Gasteiger partial charge is 0.489 e. The lowest BCUT2D eigenvalue weighted by Crippen LogP contribution is -2.45. The minimum atomic E-state index is -4.75. The number of nitrogens with zero attached hydrogens (tertiary/aromatic N) is 2. The zero-order chi connectivity index (χ0) is 26.2. The molecule has 1 saturated carbocycles. The number of aliphatic carboxylic acids is 1. The zero-order valence-electron chi connectivity index (χ0n) is 20.3. The second-order valence-corrected chi connectivity index (χ2v) is 9.98. The molecule has 0 unspecified atom stereocenters. The molecular weight excluding hydrogens is 489 g/mol. The number of likely N-dealkylation sites (tertiary alicyclic amines) is 1. The monoisotopic (exact) mass is 518 g/mol. The van der Waals surface area contributed by atoms with Crippen LogP contribution in [0.15, 0.2) is 36.4 Å². The van der Waals surface area contributed by atoms with E-state index in [1.54, 1.807) is 23.1 Å². The van der Waals surface area contributed by atoms with E-state index in [4.69, 9.17) is 4.74 Å². The Kier molecular flexibility index (Phi) is 7.02. The highest BCUT2D eigenvalue weighted by Gasteiger charge is 2.35. The van der Waals surface area contributed by atoms with Crippen LogP contribution in [0, 0.1) is 5.92 Å². The molecule has 1 amide bonds. The number of carboxylic acid groups (broad SMARTS) is 1. The molecule has 5 rings (SSSR count). The van der Waals surface area contributed by atoms with Crippen molar-refractivity contribution in [2.45, 2.75) is 51.0 Å². The summed E-state index contributed by atoms with van der Waals surface area (Å²) in [7, 11) is 0. The normalized spacial score (nSPS) is 20.0. The van der Waals surface area contributed by atoms with Crippen molar-refractivity contribution in [2.75, 3.05) is 31.1 Å². The van der Waals surface area contributed by atoms with Crippen molar-refractivity contribution >= 4 is 17.6 Å². The van der Waals surface area contributed by atoms with Crippen LogP contribution in [0.4, 0.5) is 18.9 Å². The van der Waals surface area contributed by atoms with Crippen LogP contribution in [0.5, 0.6) is 11.5 Å². The van der Waals surface area contributed by atoms with Gasteiger partial charge in [-0.1, -0.05) is 12.1 Å². The second kappa shape index (κ2) is 10.2. The molecule has 1 saturated heterocycles. The molecule has 2 aliphatic heterocycles. The Balaban J connectivity index is 1.21. The number of alkyl halides is 3. The number of rotatable bonds is 8. The molecule has 0 spiro atoms. The Morgan fingerprint density at radius 1 is 1.05 bits per heavy atom. The van der Waals surface area contributed by atoms with Crippen molar-refractivity contribution < 1.29 is 37.3 Å². The third-order valence-electron chi connectivity index (χ3n) is 7.19. The van der Waals surface area contributed by atoms with Gasteiger partial charge in [-0.3, -0.25) is 14.5 Å². The summed E-state index contributed by atoms with van der Waals surface area (Å²) in [4.78, 5) is 27.9. The summed E-state index contributed by atoms with van der Waals surface area (Å²) in [6, 6.07) is 10.3. The van der Waals surface area contributed by atoms with Crippen LogP contribution in [0.1, 0.15) is 48.3 Å². The summed E-state index contributed by atoms with van der Waals surface area (Å²) in [5, 5.41) is 9.28. The van der Waals surface area contributed by atoms with E-state index in [0.717, 1.165) is 30.5 Å². The first-order valence-electron chi connectivity index (χ1n) is 12.6. The largest absolute Gasteiger partial charge is 0.573 e. The number of hydrogen-bond donors (Lipinski definition) is 1. The fourth-order valence-corrected chi connectivity index (χ4v) is 5.18. The number of anilines is 1. The molecule has 7 nitrogen and oxygen atoms in total. The molecule has 2 fully saturated rings. The lowest BCUT2D eigenvalue weighted by atomic mass is 9.98. The number of amides is 1. The molecule has 37 heavy (non-hydrogen) atoms. The van der Waals surface area contributed by atoms with E-state index in [9.17, 15) is 27.9 Å². The number of benzene rings is 2. The lowest BCUT2D eigenvalue weighted by molar-refractivity contribution is -0.274. The molecule has 2 aromatic rings. The molecule has 2 heterocycles. The predicted octanol–water partition coefficient (Wildman–Crippen LogP) is 4.73. The van der Waals surface area contributed by atoms with Gasteiger partial charge in [0.15, 0.2) is 0 Å². The highest BCUT2D eigenvalue weighted by molar-refractivity contribution is 5.97. The number of ether oxygens (including phenoxy) is 2. The van der Waals surface area contributed by atoms with Crippen molar-refractivity contribution in [3.8, 4) is 11.5 Å². The summed E-state index contributed by atoms with van der Waals surface area (Å²) < 4.78 is 48.8. The maximum Gasteiger partial charge on any atom is 0.573 e. The average molecular weight is 519 g/mol. The number of halogens is 3. The van der Waals surface area contributed by atoms with Crippen LogP contribution in [-0.4, -0.2) is 54.4 Å². The molecule has 0 bridgehead atoms. The number of piperidine rings is 1. The van der Waals surface area contributed by atoms with Crippen LogP contribution in [-0.2, 0) is 22.6 Å². The minimum absolute atomic E-state index is 0.0635. The fraction of sp³-hybridized carbons (Fsp3) is 0.481. The average Bonchev–Trinajstić information content (AvgIpc) is 3.60. The van der Waals surface area contributed by atoms with Crippen molar-refractivity contribution in [1.82, 2.24) is 4.90 Å². The minimum Gasteiger partial charge on any atom is -0.489 e. The van der Waals surface area contributed by atoms with Crippen LogP contribution in [0.25, 0.3) is 0 Å². The molecular formula is C27H29F3N2O5. The van der Waals surface area contributed by atoms with Gasteiger partial charge in [-0.2, -0.15) is 0 Å². The van der Waals surface area contributed by atoms with Crippen molar-refractivity contribution in [1.29, 1.82) is 0 Å². The van der Waals surface area contributed by atoms with Gasteiger partial charge in [0.05, 0.1) is 12.5 Å². The predicted molar refractivity (Wildman–Crippen MR) is 129 cm³/mol. The first kappa shape index (κ1) is 25.4. The van der Waals surface area contributed by atoms with Gasteiger partial charge in [0.1, 0.15) is 18.1 Å². The summed E-state index contributed by atoms with van der Waals surface area (Å²) in [6.07, 6.45) is -0.974. The summed E-state index contributed by atoms with van der Waals surface area (Å²) in [6.45, 7) is 1.89. The summed E-state index contributed by atoms with van der Waals surface area (Å²) in [5.41, 5.74) is 2.91. The molecule has 0 radical (unpaired) electrons. The Labute approximate surface area is 212 Å². The number of fused-ring (bicyclic) bond motifs is 1. The van der Waals surface area contributed by atoms with Gasteiger partial charge in [0, 0.05) is 18.8 Å². The maximum atomic E-state index is 13.0. The standard InChI is InChI=1S/C27H29F3N2O5/c28-27(29,30)37-24-12-17(3-7-22(24)18-4-5-18)16-36-21-6-8-23-19(13-21)9-11-32(23)25(33)15-31-10-1-2-20(14-31)26(34)35/h3,6-8,12-13,18,20H,1-2,4-5,9-11,14-16H2,(H,34,35)/t20-/m1/s1. The van der Waals surface area contributed by atoms with Crippen molar-refractivity contribution in [3.63, 3.8) is 0 Å². The number of hydrogen-bond acceptors (Lipinski definition) is 5. The van der Waals surface area contributed by atoms with Gasteiger partial charge >= 0.3 is 12.3 Å². The van der Waals surface area contributed by atoms with E-state index < -0.39 is 18.2 Å². The summed E-state index contributed by atoms with van der Waals surface area (Å²) >= 11 is 0. The Morgan fingerprint density at radius 3 is 2.59 bits per heavy atom.